The molecule has 2 N–H and O–H groups in total. The minimum atomic E-state index is -0.770. The number of nitrogens with zero attached hydrogens (tertiary/aromatic N) is 6. The van der Waals surface area contributed by atoms with Crippen molar-refractivity contribution in [1.29, 1.82) is 0 Å². The number of ether oxygens (including phenoxy) is 1. The summed E-state index contributed by atoms with van der Waals surface area (Å²) >= 11 is 0. The average Bonchev–Trinajstić information content (AvgIpc) is 3.53. The van der Waals surface area contributed by atoms with E-state index in [-0.39, 0.29) is 12.6 Å². The Labute approximate surface area is 189 Å². The molecule has 1 fully saturated rings. The van der Waals surface area contributed by atoms with E-state index in [9.17, 15) is 9.90 Å². The minimum absolute atomic E-state index is 0.0962. The first-order valence-electron chi connectivity index (χ1n) is 10.5. The Morgan fingerprint density at radius 1 is 1.21 bits per heavy atom. The lowest BCUT2D eigenvalue weighted by Crippen LogP contribution is -2.41. The van der Waals surface area contributed by atoms with Gasteiger partial charge in [0.15, 0.2) is 0 Å². The summed E-state index contributed by atoms with van der Waals surface area (Å²) in [5, 5.41) is 18.3. The zero-order valence-electron chi connectivity index (χ0n) is 18.3. The zero-order valence-corrected chi connectivity index (χ0v) is 18.3. The molecule has 0 bridgehead atoms. The van der Waals surface area contributed by atoms with Crippen LogP contribution in [0, 0.1) is 0 Å². The van der Waals surface area contributed by atoms with Crippen molar-refractivity contribution in [2.45, 2.75) is 32.0 Å². The maximum Gasteiger partial charge on any atom is 0.416 e. The summed E-state index contributed by atoms with van der Waals surface area (Å²) in [6, 6.07) is 8.72. The van der Waals surface area contributed by atoms with Gasteiger partial charge in [0, 0.05) is 30.5 Å². The fourth-order valence-corrected chi connectivity index (χ4v) is 3.79. The van der Waals surface area contributed by atoms with Gasteiger partial charge in [0.25, 0.3) is 0 Å². The molecule has 1 amide bonds. The lowest BCUT2D eigenvalue weighted by Gasteiger charge is -2.22. The Kier molecular flexibility index (Phi) is 5.17. The summed E-state index contributed by atoms with van der Waals surface area (Å²) < 4.78 is 12.6. The molecular weight excluding hydrogens is 426 g/mol. The molecule has 0 spiro atoms. The van der Waals surface area contributed by atoms with Crippen molar-refractivity contribution in [1.82, 2.24) is 24.7 Å². The first-order valence-corrected chi connectivity index (χ1v) is 10.5. The fourth-order valence-electron chi connectivity index (χ4n) is 3.79. The summed E-state index contributed by atoms with van der Waals surface area (Å²) in [6.45, 7) is 3.54. The standard InChI is InChI=1S/C22H23N7O4/c1-12(20-26-19(27-33-20)15-5-4-14-7-9-28(3)16(14)10-15)24-21-23-8-6-18(25-21)29-17(13(2)30)11-32-22(29)31/h4-10,12-13,17,30H,11H2,1-3H3,(H,23,24,25)/t12?,13-,17-/m1/s1. The third-order valence-electron chi connectivity index (χ3n) is 5.65. The molecule has 0 aliphatic carbocycles. The van der Waals surface area contributed by atoms with Gasteiger partial charge in [-0.1, -0.05) is 17.3 Å². The maximum atomic E-state index is 12.1. The third-order valence-corrected chi connectivity index (χ3v) is 5.65. The maximum absolute atomic E-state index is 12.1. The van der Waals surface area contributed by atoms with E-state index in [2.05, 4.69) is 25.4 Å². The highest BCUT2D eigenvalue weighted by Gasteiger charge is 2.38. The van der Waals surface area contributed by atoms with E-state index in [1.54, 1.807) is 13.0 Å². The Balaban J connectivity index is 1.34. The topological polar surface area (TPSA) is 131 Å². The van der Waals surface area contributed by atoms with Crippen LogP contribution in [0.25, 0.3) is 22.3 Å². The molecule has 1 aromatic carbocycles. The van der Waals surface area contributed by atoms with Crippen LogP contribution < -0.4 is 10.2 Å². The Morgan fingerprint density at radius 2 is 2.06 bits per heavy atom. The number of nitrogens with one attached hydrogen (secondary N) is 1. The van der Waals surface area contributed by atoms with Crippen molar-refractivity contribution in [3.05, 3.63) is 48.6 Å². The minimum Gasteiger partial charge on any atom is -0.447 e. The van der Waals surface area contributed by atoms with Gasteiger partial charge >= 0.3 is 6.09 Å². The van der Waals surface area contributed by atoms with Gasteiger partial charge in [-0.2, -0.15) is 9.97 Å². The number of aromatic nitrogens is 5. The van der Waals surface area contributed by atoms with Crippen LogP contribution in [0.1, 0.15) is 25.8 Å². The second-order valence-corrected chi connectivity index (χ2v) is 8.02. The highest BCUT2D eigenvalue weighted by molar-refractivity contribution is 5.89. The largest absolute Gasteiger partial charge is 0.447 e. The number of carbonyl (C=O) groups excluding carboxylic acids is 1. The van der Waals surface area contributed by atoms with Gasteiger partial charge in [0.2, 0.25) is 17.7 Å². The summed E-state index contributed by atoms with van der Waals surface area (Å²) in [6.07, 6.45) is 2.20. The molecule has 1 saturated heterocycles. The van der Waals surface area contributed by atoms with Crippen molar-refractivity contribution in [3.8, 4) is 11.4 Å². The SMILES string of the molecule is CC(Nc1nccc(N2C(=O)OC[C@@H]2[C@@H](C)O)n1)c1nc(-c2ccc3ccn(C)c3c2)no1. The number of aliphatic hydroxyl groups is 1. The lowest BCUT2D eigenvalue weighted by molar-refractivity contribution is 0.142. The highest BCUT2D eigenvalue weighted by atomic mass is 16.6. The summed E-state index contributed by atoms with van der Waals surface area (Å²) in [4.78, 5) is 26.6. The molecule has 1 aliphatic heterocycles. The number of fused-ring (bicyclic) bond motifs is 1. The third kappa shape index (κ3) is 3.87. The smallest absolute Gasteiger partial charge is 0.416 e. The number of hydrogen-bond acceptors (Lipinski definition) is 9. The van der Waals surface area contributed by atoms with E-state index in [4.69, 9.17) is 9.26 Å². The van der Waals surface area contributed by atoms with Crippen molar-refractivity contribution in [3.63, 3.8) is 0 Å². The van der Waals surface area contributed by atoms with E-state index in [0.29, 0.717) is 17.5 Å². The normalized spacial score (nSPS) is 17.9. The number of amides is 1. The number of benzene rings is 1. The number of aliphatic hydroxyl groups excluding tert-OH is 1. The van der Waals surface area contributed by atoms with E-state index < -0.39 is 24.3 Å². The van der Waals surface area contributed by atoms with Crippen molar-refractivity contribution >= 4 is 28.8 Å². The number of rotatable bonds is 6. The van der Waals surface area contributed by atoms with Gasteiger partial charge < -0.3 is 24.3 Å². The van der Waals surface area contributed by atoms with Crippen LogP contribution in [0.2, 0.25) is 0 Å². The van der Waals surface area contributed by atoms with Crippen LogP contribution in [0.3, 0.4) is 0 Å². The second kappa shape index (κ2) is 8.17. The highest BCUT2D eigenvalue weighted by Crippen LogP contribution is 2.26. The molecule has 11 heteroatoms. The Hall–Kier alpha value is -3.99. The van der Waals surface area contributed by atoms with Gasteiger partial charge in [-0.05, 0) is 37.4 Å². The summed E-state index contributed by atoms with van der Waals surface area (Å²) in [5.41, 5.74) is 1.92. The van der Waals surface area contributed by atoms with Crippen LogP contribution in [0.15, 0.2) is 47.2 Å². The lowest BCUT2D eigenvalue weighted by atomic mass is 10.1. The number of cyclic esters (lactones) is 1. The van der Waals surface area contributed by atoms with Crippen molar-refractivity contribution in [2.24, 2.45) is 7.05 Å². The van der Waals surface area contributed by atoms with Gasteiger partial charge in [0.05, 0.1) is 6.10 Å². The predicted molar refractivity (Wildman–Crippen MR) is 120 cm³/mol. The van der Waals surface area contributed by atoms with E-state index >= 15 is 0 Å². The van der Waals surface area contributed by atoms with E-state index in [1.165, 1.54) is 11.1 Å². The van der Waals surface area contributed by atoms with Crippen LogP contribution in [0.4, 0.5) is 16.6 Å². The van der Waals surface area contributed by atoms with Crippen LogP contribution in [-0.2, 0) is 11.8 Å². The van der Waals surface area contributed by atoms with Crippen molar-refractivity contribution < 1.29 is 19.2 Å². The molecule has 1 unspecified atom stereocenters. The Morgan fingerprint density at radius 3 is 2.88 bits per heavy atom. The van der Waals surface area contributed by atoms with Gasteiger partial charge in [-0.15, -0.1) is 0 Å². The zero-order chi connectivity index (χ0) is 23.1. The number of hydrogen-bond donors (Lipinski definition) is 2. The van der Waals surface area contributed by atoms with Gasteiger partial charge in [0.1, 0.15) is 24.5 Å². The number of aryl methyl sites for hydroxylation is 1. The van der Waals surface area contributed by atoms with Gasteiger partial charge in [-0.25, -0.2) is 9.78 Å². The summed E-state index contributed by atoms with van der Waals surface area (Å²) in [5.74, 6) is 1.45. The first-order chi connectivity index (χ1) is 15.9. The first kappa shape index (κ1) is 20.9. The average molecular weight is 449 g/mol. The molecule has 3 atom stereocenters. The molecule has 33 heavy (non-hydrogen) atoms. The Bertz CT molecular complexity index is 1320. The molecule has 11 nitrogen and oxygen atoms in total. The second-order valence-electron chi connectivity index (χ2n) is 8.02. The molecule has 1 aliphatic rings. The monoisotopic (exact) mass is 449 g/mol. The molecule has 4 heterocycles. The van der Waals surface area contributed by atoms with E-state index in [0.717, 1.165) is 16.5 Å². The molecular formula is C22H23N7O4. The quantitative estimate of drug-likeness (QED) is 0.456. The molecule has 3 aromatic heterocycles. The van der Waals surface area contributed by atoms with Crippen LogP contribution >= 0.6 is 0 Å². The molecule has 0 saturated carbocycles. The fraction of sp³-hybridized carbons (Fsp3) is 0.318. The molecule has 5 rings (SSSR count). The summed E-state index contributed by atoms with van der Waals surface area (Å²) in [7, 11) is 1.99. The molecule has 4 aromatic rings. The van der Waals surface area contributed by atoms with E-state index in [1.807, 2.05) is 49.0 Å². The molecule has 0 radical (unpaired) electrons. The predicted octanol–water partition coefficient (Wildman–Crippen LogP) is 2.90. The number of anilines is 2. The van der Waals surface area contributed by atoms with Crippen LogP contribution in [-0.4, -0.2) is 54.6 Å². The van der Waals surface area contributed by atoms with Gasteiger partial charge in [-0.3, -0.25) is 4.90 Å². The number of carbonyl (C=O) groups is 1. The van der Waals surface area contributed by atoms with Crippen LogP contribution in [0.5, 0.6) is 0 Å². The van der Waals surface area contributed by atoms with Crippen molar-refractivity contribution in [2.75, 3.05) is 16.8 Å². The molecule has 170 valence electrons.